The molecule has 0 aromatic heterocycles. The lowest BCUT2D eigenvalue weighted by molar-refractivity contribution is -0.181. The highest BCUT2D eigenvalue weighted by Gasteiger charge is 2.47. The summed E-state index contributed by atoms with van der Waals surface area (Å²) in [6.07, 6.45) is -6.25. The van der Waals surface area contributed by atoms with E-state index in [0.29, 0.717) is 0 Å². The summed E-state index contributed by atoms with van der Waals surface area (Å²) in [5, 5.41) is 1.35. The van der Waals surface area contributed by atoms with Gasteiger partial charge in [0.25, 0.3) is 0 Å². The van der Waals surface area contributed by atoms with E-state index in [1.165, 1.54) is 12.2 Å². The van der Waals surface area contributed by atoms with Crippen LogP contribution in [0.25, 0.3) is 0 Å². The fraction of sp³-hybridized carbons (Fsp3) is 0.714. The normalized spacial score (nSPS) is 12.9. The lowest BCUT2D eigenvalue weighted by Gasteiger charge is -2.18. The van der Waals surface area contributed by atoms with Gasteiger partial charge >= 0.3 is 18.2 Å². The standard InChI is InChI=1S/C7H10F3NO4/c1-3-15-6(13)11-4(5(12)14-2)7(8,9)10/h4H,3H2,1-2H3,(H,11,13)/t4-/m1/s1. The molecule has 0 unspecified atom stereocenters. The van der Waals surface area contributed by atoms with Gasteiger partial charge in [0.2, 0.25) is 6.04 Å². The molecule has 5 nitrogen and oxygen atoms in total. The Labute approximate surface area is 83.5 Å². The maximum Gasteiger partial charge on any atom is 0.419 e. The second kappa shape index (κ2) is 5.42. The number of halogens is 3. The van der Waals surface area contributed by atoms with Crippen LogP contribution in [-0.2, 0) is 14.3 Å². The molecule has 0 aliphatic carbocycles. The number of alkyl carbamates (subject to hydrolysis) is 1. The van der Waals surface area contributed by atoms with Crippen molar-refractivity contribution < 1.29 is 32.2 Å². The average Bonchev–Trinajstić information content (AvgIpc) is 2.12. The lowest BCUT2D eigenvalue weighted by Crippen LogP contribution is -2.51. The molecule has 15 heavy (non-hydrogen) atoms. The van der Waals surface area contributed by atoms with E-state index in [4.69, 9.17) is 0 Å². The molecule has 0 aliphatic heterocycles. The van der Waals surface area contributed by atoms with Gasteiger partial charge in [-0.05, 0) is 6.92 Å². The number of esters is 1. The first-order valence-electron chi connectivity index (χ1n) is 3.90. The van der Waals surface area contributed by atoms with Gasteiger partial charge in [0, 0.05) is 0 Å². The van der Waals surface area contributed by atoms with Crippen molar-refractivity contribution >= 4 is 12.1 Å². The van der Waals surface area contributed by atoms with Crippen LogP contribution in [0.5, 0.6) is 0 Å². The Balaban J connectivity index is 4.53. The van der Waals surface area contributed by atoms with Gasteiger partial charge in [0.15, 0.2) is 0 Å². The third-order valence-electron chi connectivity index (χ3n) is 1.30. The summed E-state index contributed by atoms with van der Waals surface area (Å²) < 4.78 is 44.7. The van der Waals surface area contributed by atoms with Crippen molar-refractivity contribution in [2.75, 3.05) is 13.7 Å². The Kier molecular flexibility index (Phi) is 4.89. The topological polar surface area (TPSA) is 64.6 Å². The molecule has 88 valence electrons. The van der Waals surface area contributed by atoms with Gasteiger partial charge in [-0.25, -0.2) is 9.59 Å². The molecule has 0 rings (SSSR count). The molecule has 0 heterocycles. The van der Waals surface area contributed by atoms with Crippen LogP contribution in [0.1, 0.15) is 6.92 Å². The number of hydrogen-bond acceptors (Lipinski definition) is 4. The minimum atomic E-state index is -4.92. The van der Waals surface area contributed by atoms with Crippen molar-refractivity contribution in [3.05, 3.63) is 0 Å². The molecular formula is C7H10F3NO4. The number of hydrogen-bond donors (Lipinski definition) is 1. The molecule has 0 aromatic carbocycles. The van der Waals surface area contributed by atoms with Gasteiger partial charge in [0.05, 0.1) is 13.7 Å². The van der Waals surface area contributed by atoms with Crippen molar-refractivity contribution in [2.24, 2.45) is 0 Å². The number of amides is 1. The molecule has 1 atom stereocenters. The predicted octanol–water partition coefficient (Wildman–Crippen LogP) is 0.836. The third-order valence-corrected chi connectivity index (χ3v) is 1.30. The number of methoxy groups -OCH3 is 1. The Hall–Kier alpha value is -1.47. The Bertz CT molecular complexity index is 241. The Morgan fingerprint density at radius 1 is 1.40 bits per heavy atom. The minimum absolute atomic E-state index is 0.0996. The zero-order valence-corrected chi connectivity index (χ0v) is 8.05. The van der Waals surface area contributed by atoms with E-state index in [9.17, 15) is 22.8 Å². The molecule has 0 spiro atoms. The quantitative estimate of drug-likeness (QED) is 0.728. The SMILES string of the molecule is CCOC(=O)N[C@H](C(=O)OC)C(F)(F)F. The van der Waals surface area contributed by atoms with E-state index in [-0.39, 0.29) is 6.61 Å². The van der Waals surface area contributed by atoms with Crippen LogP contribution in [0.15, 0.2) is 0 Å². The molecule has 0 saturated heterocycles. The number of ether oxygens (including phenoxy) is 2. The van der Waals surface area contributed by atoms with Crippen LogP contribution in [0.2, 0.25) is 0 Å². The maximum atomic E-state index is 12.2. The van der Waals surface area contributed by atoms with Gasteiger partial charge in [-0.1, -0.05) is 0 Å². The Morgan fingerprint density at radius 3 is 2.27 bits per heavy atom. The minimum Gasteiger partial charge on any atom is -0.467 e. The summed E-state index contributed by atoms with van der Waals surface area (Å²) in [6, 6.07) is -2.71. The number of nitrogens with one attached hydrogen (secondary N) is 1. The highest BCUT2D eigenvalue weighted by atomic mass is 19.4. The largest absolute Gasteiger partial charge is 0.467 e. The van der Waals surface area contributed by atoms with Crippen molar-refractivity contribution in [1.82, 2.24) is 5.32 Å². The molecule has 1 N–H and O–H groups in total. The summed E-state index contributed by atoms with van der Waals surface area (Å²) in [7, 11) is 0.786. The number of carbonyl (C=O) groups is 2. The van der Waals surface area contributed by atoms with Gasteiger partial charge in [-0.15, -0.1) is 0 Å². The molecule has 1 amide bonds. The van der Waals surface area contributed by atoms with Crippen LogP contribution in [0.4, 0.5) is 18.0 Å². The average molecular weight is 229 g/mol. The highest BCUT2D eigenvalue weighted by Crippen LogP contribution is 2.21. The van der Waals surface area contributed by atoms with Gasteiger partial charge < -0.3 is 9.47 Å². The van der Waals surface area contributed by atoms with Crippen molar-refractivity contribution in [1.29, 1.82) is 0 Å². The number of rotatable bonds is 3. The van der Waals surface area contributed by atoms with Crippen LogP contribution in [0, 0.1) is 0 Å². The van der Waals surface area contributed by atoms with E-state index in [1.807, 2.05) is 0 Å². The Morgan fingerprint density at radius 2 is 1.93 bits per heavy atom. The zero-order valence-electron chi connectivity index (χ0n) is 8.05. The fourth-order valence-corrected chi connectivity index (χ4v) is 0.683. The first-order valence-corrected chi connectivity index (χ1v) is 3.90. The summed E-state index contributed by atoms with van der Waals surface area (Å²) in [6.45, 7) is 1.32. The van der Waals surface area contributed by atoms with Crippen molar-refractivity contribution in [3.63, 3.8) is 0 Å². The van der Waals surface area contributed by atoms with E-state index in [2.05, 4.69) is 9.47 Å². The maximum absolute atomic E-state index is 12.2. The molecule has 0 radical (unpaired) electrons. The van der Waals surface area contributed by atoms with E-state index in [0.717, 1.165) is 7.11 Å². The van der Waals surface area contributed by atoms with E-state index >= 15 is 0 Å². The molecule has 0 bridgehead atoms. The monoisotopic (exact) mass is 229 g/mol. The van der Waals surface area contributed by atoms with E-state index in [1.54, 1.807) is 0 Å². The van der Waals surface area contributed by atoms with Crippen molar-refractivity contribution in [2.45, 2.75) is 19.1 Å². The third kappa shape index (κ3) is 4.52. The zero-order chi connectivity index (χ0) is 12.1. The van der Waals surface area contributed by atoms with E-state index < -0.39 is 24.3 Å². The first kappa shape index (κ1) is 13.5. The van der Waals surface area contributed by atoms with Crippen LogP contribution >= 0.6 is 0 Å². The van der Waals surface area contributed by atoms with Crippen LogP contribution in [-0.4, -0.2) is 38.0 Å². The molecule has 8 heteroatoms. The number of carbonyl (C=O) groups excluding carboxylic acids is 2. The van der Waals surface area contributed by atoms with Crippen LogP contribution in [0.3, 0.4) is 0 Å². The van der Waals surface area contributed by atoms with Crippen LogP contribution < -0.4 is 5.32 Å². The number of alkyl halides is 3. The first-order chi connectivity index (χ1) is 6.82. The lowest BCUT2D eigenvalue weighted by atomic mass is 10.3. The second-order valence-electron chi connectivity index (χ2n) is 2.36. The summed E-state index contributed by atoms with van der Waals surface area (Å²) in [5.74, 6) is -1.60. The van der Waals surface area contributed by atoms with Gasteiger partial charge in [0.1, 0.15) is 0 Å². The molecular weight excluding hydrogens is 219 g/mol. The summed E-state index contributed by atoms with van der Waals surface area (Å²) >= 11 is 0. The van der Waals surface area contributed by atoms with Gasteiger partial charge in [-0.2, -0.15) is 13.2 Å². The molecule has 0 fully saturated rings. The molecule has 0 saturated carbocycles. The van der Waals surface area contributed by atoms with Gasteiger partial charge in [-0.3, -0.25) is 5.32 Å². The highest BCUT2D eigenvalue weighted by molar-refractivity contribution is 5.82. The van der Waals surface area contributed by atoms with Crippen molar-refractivity contribution in [3.8, 4) is 0 Å². The smallest absolute Gasteiger partial charge is 0.419 e. The molecule has 0 aromatic rings. The second-order valence-corrected chi connectivity index (χ2v) is 2.36. The molecule has 0 aliphatic rings. The summed E-state index contributed by atoms with van der Waals surface area (Å²) in [5.41, 5.74) is 0. The fourth-order valence-electron chi connectivity index (χ4n) is 0.683. The summed E-state index contributed by atoms with van der Waals surface area (Å²) in [4.78, 5) is 21.4. The predicted molar refractivity (Wildman–Crippen MR) is 42.0 cm³/mol.